The van der Waals surface area contributed by atoms with E-state index in [0.29, 0.717) is 12.8 Å². The number of nitrogens with zero attached hydrogens (tertiary/aromatic N) is 1. The third kappa shape index (κ3) is 3.16. The molecule has 24 heavy (non-hydrogen) atoms. The standard InChI is InChI=1S/C18H24N2O4/c1-12(2)24-11-15(21)10-20-16(22)18(19-17(20)23)8-7-13-5-3-4-6-14(13)9-18/h3-6,12,15,21H,7-11H2,1-2H3,(H,19,23)/t15-,18+/m0/s1. The van der Waals surface area contributed by atoms with Crippen LogP contribution >= 0.6 is 0 Å². The number of aryl methyl sites for hydroxylation is 1. The van der Waals surface area contributed by atoms with Crippen molar-refractivity contribution < 1.29 is 19.4 Å². The minimum Gasteiger partial charge on any atom is -0.389 e. The third-order valence-electron chi connectivity index (χ3n) is 4.69. The van der Waals surface area contributed by atoms with Crippen molar-refractivity contribution in [1.29, 1.82) is 0 Å². The van der Waals surface area contributed by atoms with Crippen molar-refractivity contribution in [3.05, 3.63) is 35.4 Å². The van der Waals surface area contributed by atoms with E-state index >= 15 is 0 Å². The highest BCUT2D eigenvalue weighted by atomic mass is 16.5. The number of imide groups is 1. The average Bonchev–Trinajstić information content (AvgIpc) is 2.77. The summed E-state index contributed by atoms with van der Waals surface area (Å²) in [6, 6.07) is 7.58. The zero-order valence-corrected chi connectivity index (χ0v) is 14.1. The Morgan fingerprint density at radius 2 is 2.00 bits per heavy atom. The SMILES string of the molecule is CC(C)OC[C@@H](O)CN1C(=O)N[C@@]2(CCc3ccccc3C2)C1=O. The number of aliphatic hydroxyl groups is 1. The summed E-state index contributed by atoms with van der Waals surface area (Å²) in [6.45, 7) is 3.80. The second kappa shape index (κ2) is 6.53. The molecule has 3 amide bonds. The predicted octanol–water partition coefficient (Wildman–Crippen LogP) is 1.25. The van der Waals surface area contributed by atoms with E-state index in [1.807, 2.05) is 32.0 Å². The van der Waals surface area contributed by atoms with Gasteiger partial charge in [-0.05, 0) is 37.8 Å². The van der Waals surface area contributed by atoms with Gasteiger partial charge in [-0.15, -0.1) is 0 Å². The molecule has 0 unspecified atom stereocenters. The van der Waals surface area contributed by atoms with Gasteiger partial charge in [-0.3, -0.25) is 9.69 Å². The van der Waals surface area contributed by atoms with Crippen LogP contribution in [0.15, 0.2) is 24.3 Å². The van der Waals surface area contributed by atoms with Crippen LogP contribution in [0.25, 0.3) is 0 Å². The number of rotatable bonds is 5. The molecule has 6 nitrogen and oxygen atoms in total. The average molecular weight is 332 g/mol. The van der Waals surface area contributed by atoms with E-state index in [-0.39, 0.29) is 25.2 Å². The first kappa shape index (κ1) is 16.9. The second-order valence-corrected chi connectivity index (χ2v) is 6.91. The van der Waals surface area contributed by atoms with Gasteiger partial charge in [-0.1, -0.05) is 24.3 Å². The summed E-state index contributed by atoms with van der Waals surface area (Å²) in [5, 5.41) is 12.9. The number of benzene rings is 1. The van der Waals surface area contributed by atoms with Crippen molar-refractivity contribution in [3.8, 4) is 0 Å². The highest BCUT2D eigenvalue weighted by Gasteiger charge is 2.52. The van der Waals surface area contributed by atoms with Crippen molar-refractivity contribution in [2.75, 3.05) is 13.2 Å². The number of carbonyl (C=O) groups excluding carboxylic acids is 2. The van der Waals surface area contributed by atoms with Gasteiger partial charge in [0.05, 0.1) is 25.4 Å². The van der Waals surface area contributed by atoms with Crippen LogP contribution in [0.2, 0.25) is 0 Å². The monoisotopic (exact) mass is 332 g/mol. The Morgan fingerprint density at radius 3 is 2.71 bits per heavy atom. The second-order valence-electron chi connectivity index (χ2n) is 6.91. The minimum atomic E-state index is -0.881. The number of nitrogens with one attached hydrogen (secondary N) is 1. The molecule has 2 atom stereocenters. The molecule has 1 fully saturated rings. The Balaban J connectivity index is 1.71. The van der Waals surface area contributed by atoms with Crippen LogP contribution < -0.4 is 5.32 Å². The molecule has 0 saturated carbocycles. The molecule has 1 aromatic rings. The largest absolute Gasteiger partial charge is 0.389 e. The van der Waals surface area contributed by atoms with E-state index in [1.165, 1.54) is 5.56 Å². The maximum absolute atomic E-state index is 12.9. The summed E-state index contributed by atoms with van der Waals surface area (Å²) in [7, 11) is 0. The van der Waals surface area contributed by atoms with Gasteiger partial charge in [0.25, 0.3) is 5.91 Å². The summed E-state index contributed by atoms with van der Waals surface area (Å²) >= 11 is 0. The Kier molecular flexibility index (Phi) is 4.60. The smallest absolute Gasteiger partial charge is 0.325 e. The number of amides is 3. The lowest BCUT2D eigenvalue weighted by molar-refractivity contribution is -0.133. The zero-order chi connectivity index (χ0) is 17.3. The Labute approximate surface area is 141 Å². The molecule has 1 aliphatic carbocycles. The number of carbonyl (C=O) groups is 2. The molecular formula is C18H24N2O4. The molecule has 0 radical (unpaired) electrons. The van der Waals surface area contributed by atoms with E-state index in [9.17, 15) is 14.7 Å². The predicted molar refractivity (Wildman–Crippen MR) is 88.5 cm³/mol. The van der Waals surface area contributed by atoms with Crippen LogP contribution in [0.1, 0.15) is 31.4 Å². The minimum absolute atomic E-state index is 0.0102. The molecule has 2 aliphatic rings. The van der Waals surface area contributed by atoms with Crippen LogP contribution in [0.4, 0.5) is 4.79 Å². The van der Waals surface area contributed by atoms with Crippen LogP contribution in [0, 0.1) is 0 Å². The van der Waals surface area contributed by atoms with Crippen LogP contribution in [-0.4, -0.2) is 52.8 Å². The van der Waals surface area contributed by atoms with Gasteiger partial charge in [0.1, 0.15) is 5.54 Å². The Hall–Kier alpha value is -1.92. The van der Waals surface area contributed by atoms with Crippen LogP contribution in [0.5, 0.6) is 0 Å². The highest BCUT2D eigenvalue weighted by molar-refractivity contribution is 6.07. The maximum Gasteiger partial charge on any atom is 0.325 e. The lowest BCUT2D eigenvalue weighted by atomic mass is 9.78. The number of ether oxygens (including phenoxy) is 1. The van der Waals surface area contributed by atoms with Crippen LogP contribution in [-0.2, 0) is 22.4 Å². The maximum atomic E-state index is 12.9. The van der Waals surface area contributed by atoms with Crippen molar-refractivity contribution in [2.45, 2.75) is 50.9 Å². The van der Waals surface area contributed by atoms with Crippen molar-refractivity contribution in [1.82, 2.24) is 10.2 Å². The van der Waals surface area contributed by atoms with E-state index in [1.54, 1.807) is 0 Å². The van der Waals surface area contributed by atoms with Gasteiger partial charge < -0.3 is 15.2 Å². The molecule has 0 bridgehead atoms. The number of urea groups is 1. The first-order valence-electron chi connectivity index (χ1n) is 8.42. The molecule has 3 rings (SSSR count). The number of β-amino-alcohol motifs (C(OH)–C–C–N with tert-alkyl or cyclic N) is 1. The summed E-state index contributed by atoms with van der Waals surface area (Å²) in [4.78, 5) is 26.3. The van der Waals surface area contributed by atoms with E-state index in [4.69, 9.17) is 4.74 Å². The molecule has 0 aromatic heterocycles. The summed E-state index contributed by atoms with van der Waals surface area (Å²) in [6.07, 6.45) is 0.957. The van der Waals surface area contributed by atoms with Gasteiger partial charge in [-0.2, -0.15) is 0 Å². The van der Waals surface area contributed by atoms with Crippen molar-refractivity contribution in [2.24, 2.45) is 0 Å². The van der Waals surface area contributed by atoms with E-state index < -0.39 is 17.7 Å². The summed E-state index contributed by atoms with van der Waals surface area (Å²) in [5.74, 6) is -0.245. The lowest BCUT2D eigenvalue weighted by Gasteiger charge is -2.32. The molecular weight excluding hydrogens is 308 g/mol. The first-order valence-corrected chi connectivity index (χ1v) is 8.42. The van der Waals surface area contributed by atoms with Crippen molar-refractivity contribution >= 4 is 11.9 Å². The molecule has 2 N–H and O–H groups in total. The molecule has 130 valence electrons. The Morgan fingerprint density at radius 1 is 1.29 bits per heavy atom. The molecule has 1 spiro atoms. The quantitative estimate of drug-likeness (QED) is 0.796. The highest BCUT2D eigenvalue weighted by Crippen LogP contribution is 2.33. The summed E-state index contributed by atoms with van der Waals surface area (Å²) in [5.41, 5.74) is 1.46. The van der Waals surface area contributed by atoms with Crippen molar-refractivity contribution in [3.63, 3.8) is 0 Å². The number of hydrogen-bond donors (Lipinski definition) is 2. The lowest BCUT2D eigenvalue weighted by Crippen LogP contribution is -2.51. The fourth-order valence-electron chi connectivity index (χ4n) is 3.43. The number of fused-ring (bicyclic) bond motifs is 1. The molecule has 1 aromatic carbocycles. The molecule has 6 heteroatoms. The topological polar surface area (TPSA) is 78.9 Å². The fraction of sp³-hybridized carbons (Fsp3) is 0.556. The van der Waals surface area contributed by atoms with Crippen LogP contribution in [0.3, 0.4) is 0 Å². The number of hydrogen-bond acceptors (Lipinski definition) is 4. The fourth-order valence-corrected chi connectivity index (χ4v) is 3.43. The van der Waals surface area contributed by atoms with E-state index in [2.05, 4.69) is 11.4 Å². The molecule has 1 saturated heterocycles. The van der Waals surface area contributed by atoms with Gasteiger partial charge in [-0.25, -0.2) is 4.79 Å². The summed E-state index contributed by atoms with van der Waals surface area (Å²) < 4.78 is 5.35. The normalized spacial score (nSPS) is 24.4. The van der Waals surface area contributed by atoms with Gasteiger partial charge in [0.2, 0.25) is 0 Å². The molecule has 1 aliphatic heterocycles. The molecule has 1 heterocycles. The van der Waals surface area contributed by atoms with Gasteiger partial charge >= 0.3 is 6.03 Å². The third-order valence-corrected chi connectivity index (χ3v) is 4.69. The Bertz CT molecular complexity index is 646. The zero-order valence-electron chi connectivity index (χ0n) is 14.1. The first-order chi connectivity index (χ1) is 11.4. The van der Waals surface area contributed by atoms with E-state index in [0.717, 1.165) is 16.9 Å². The number of aliphatic hydroxyl groups excluding tert-OH is 1. The van der Waals surface area contributed by atoms with Gasteiger partial charge in [0, 0.05) is 6.42 Å². The van der Waals surface area contributed by atoms with Gasteiger partial charge in [0.15, 0.2) is 0 Å².